The van der Waals surface area contributed by atoms with Crippen LogP contribution < -0.4 is 0 Å². The van der Waals surface area contributed by atoms with Crippen LogP contribution in [0.1, 0.15) is 10.5 Å². The van der Waals surface area contributed by atoms with Gasteiger partial charge in [0.25, 0.3) is 0 Å². The number of H-pyrrole nitrogens is 1. The van der Waals surface area contributed by atoms with Gasteiger partial charge in [-0.1, -0.05) is 12.1 Å². The van der Waals surface area contributed by atoms with Crippen molar-refractivity contribution in [2.75, 3.05) is 0 Å². The minimum absolute atomic E-state index is 0.0944. The predicted octanol–water partition coefficient (Wildman–Crippen LogP) is 2.27. The molecular formula is C13H11N3O2. The summed E-state index contributed by atoms with van der Waals surface area (Å²) in [5.74, 6) is -1.01. The zero-order chi connectivity index (χ0) is 12.7. The molecule has 2 aromatic heterocycles. The Bertz CT molecular complexity index is 740. The second kappa shape index (κ2) is 3.73. The Hall–Kier alpha value is -2.56. The molecule has 2 N–H and O–H groups in total. The van der Waals surface area contributed by atoms with E-state index in [4.69, 9.17) is 5.11 Å². The molecular weight excluding hydrogens is 230 g/mol. The number of aromatic carboxylic acids is 1. The first-order valence-electron chi connectivity index (χ1n) is 5.49. The monoisotopic (exact) mass is 241 g/mol. The van der Waals surface area contributed by atoms with Gasteiger partial charge in [-0.15, -0.1) is 0 Å². The molecule has 0 bridgehead atoms. The van der Waals surface area contributed by atoms with Crippen molar-refractivity contribution >= 4 is 16.9 Å². The summed E-state index contributed by atoms with van der Waals surface area (Å²) in [6, 6.07) is 9.50. The van der Waals surface area contributed by atoms with Gasteiger partial charge in [0, 0.05) is 24.3 Å². The number of aromatic amines is 1. The number of hydrogen-bond acceptors (Lipinski definition) is 2. The maximum atomic E-state index is 10.8. The lowest BCUT2D eigenvalue weighted by atomic mass is 10.1. The van der Waals surface area contributed by atoms with Crippen LogP contribution in [0.25, 0.3) is 22.2 Å². The molecule has 90 valence electrons. The summed E-state index contributed by atoms with van der Waals surface area (Å²) in [6.07, 6.45) is 1.99. The highest BCUT2D eigenvalue weighted by molar-refractivity contribution is 5.88. The van der Waals surface area contributed by atoms with E-state index in [1.165, 1.54) is 6.07 Å². The van der Waals surface area contributed by atoms with Crippen LogP contribution >= 0.6 is 0 Å². The van der Waals surface area contributed by atoms with Crippen LogP contribution in [-0.4, -0.2) is 25.8 Å². The predicted molar refractivity (Wildman–Crippen MR) is 67.5 cm³/mol. The lowest BCUT2D eigenvalue weighted by Gasteiger charge is -1.99. The van der Waals surface area contributed by atoms with Crippen molar-refractivity contribution in [3.63, 3.8) is 0 Å². The van der Waals surface area contributed by atoms with Gasteiger partial charge < -0.3 is 9.67 Å². The molecule has 0 atom stereocenters. The maximum absolute atomic E-state index is 10.8. The molecule has 0 saturated carbocycles. The number of aromatic nitrogens is 3. The number of benzene rings is 1. The first kappa shape index (κ1) is 10.6. The Labute approximate surface area is 103 Å². The standard InChI is InChI=1S/C13H11N3O2/c1-16-5-4-8-2-3-9(6-12(8)16)10-7-11(13(17)18)15-14-10/h2-7H,1H3,(H,14,15)(H,17,18). The van der Waals surface area contributed by atoms with Crippen molar-refractivity contribution in [3.8, 4) is 11.3 Å². The van der Waals surface area contributed by atoms with E-state index >= 15 is 0 Å². The maximum Gasteiger partial charge on any atom is 0.353 e. The quantitative estimate of drug-likeness (QED) is 0.723. The molecule has 0 fully saturated rings. The van der Waals surface area contributed by atoms with Crippen molar-refractivity contribution in [1.82, 2.24) is 14.8 Å². The largest absolute Gasteiger partial charge is 0.477 e. The Morgan fingerprint density at radius 1 is 1.33 bits per heavy atom. The molecule has 0 saturated heterocycles. The minimum atomic E-state index is -1.01. The summed E-state index contributed by atoms with van der Waals surface area (Å²) >= 11 is 0. The lowest BCUT2D eigenvalue weighted by molar-refractivity contribution is 0.0690. The highest BCUT2D eigenvalue weighted by atomic mass is 16.4. The molecule has 0 aliphatic rings. The molecule has 0 spiro atoms. The van der Waals surface area contributed by atoms with Crippen LogP contribution in [0.2, 0.25) is 0 Å². The van der Waals surface area contributed by atoms with Crippen molar-refractivity contribution in [3.05, 3.63) is 42.2 Å². The molecule has 3 aromatic rings. The zero-order valence-electron chi connectivity index (χ0n) is 9.71. The summed E-state index contributed by atoms with van der Waals surface area (Å²) in [5.41, 5.74) is 2.72. The van der Waals surface area contributed by atoms with E-state index in [1.54, 1.807) is 0 Å². The van der Waals surface area contributed by atoms with Gasteiger partial charge >= 0.3 is 5.97 Å². The summed E-state index contributed by atoms with van der Waals surface area (Å²) in [6.45, 7) is 0. The van der Waals surface area contributed by atoms with Crippen LogP contribution in [0.3, 0.4) is 0 Å². The third kappa shape index (κ3) is 1.57. The number of carboxylic acids is 1. The van der Waals surface area contributed by atoms with Crippen molar-refractivity contribution < 1.29 is 9.90 Å². The van der Waals surface area contributed by atoms with Crippen LogP contribution in [0.5, 0.6) is 0 Å². The molecule has 3 rings (SSSR count). The van der Waals surface area contributed by atoms with Crippen LogP contribution in [-0.2, 0) is 7.05 Å². The Kier molecular flexibility index (Phi) is 2.19. The summed E-state index contributed by atoms with van der Waals surface area (Å²) in [4.78, 5) is 10.8. The number of nitrogens with one attached hydrogen (secondary N) is 1. The van der Waals surface area contributed by atoms with E-state index in [9.17, 15) is 4.79 Å². The number of carbonyl (C=O) groups is 1. The van der Waals surface area contributed by atoms with E-state index in [0.717, 1.165) is 16.5 Å². The van der Waals surface area contributed by atoms with Crippen LogP contribution in [0, 0.1) is 0 Å². The molecule has 0 unspecified atom stereocenters. The van der Waals surface area contributed by atoms with Crippen molar-refractivity contribution in [2.45, 2.75) is 0 Å². The van der Waals surface area contributed by atoms with Crippen LogP contribution in [0.4, 0.5) is 0 Å². The first-order valence-corrected chi connectivity index (χ1v) is 5.49. The molecule has 5 heteroatoms. The van der Waals surface area contributed by atoms with Crippen LogP contribution in [0.15, 0.2) is 36.5 Å². The topological polar surface area (TPSA) is 70.9 Å². The third-order valence-electron chi connectivity index (χ3n) is 2.99. The normalized spacial score (nSPS) is 10.9. The van der Waals surface area contributed by atoms with E-state index in [2.05, 4.69) is 10.2 Å². The van der Waals surface area contributed by atoms with E-state index < -0.39 is 5.97 Å². The fourth-order valence-corrected chi connectivity index (χ4v) is 2.00. The summed E-state index contributed by atoms with van der Waals surface area (Å²) < 4.78 is 2.02. The van der Waals surface area contributed by atoms with E-state index in [-0.39, 0.29) is 5.69 Å². The first-order chi connectivity index (χ1) is 8.65. The number of aryl methyl sites for hydroxylation is 1. The molecule has 5 nitrogen and oxygen atoms in total. The second-order valence-corrected chi connectivity index (χ2v) is 4.17. The highest BCUT2D eigenvalue weighted by Crippen LogP contribution is 2.23. The SMILES string of the molecule is Cn1ccc2ccc(-c3cc(C(=O)O)[nH]n3)cc21. The fraction of sp³-hybridized carbons (Fsp3) is 0.0769. The van der Waals surface area contributed by atoms with Gasteiger partial charge in [0.15, 0.2) is 0 Å². The van der Waals surface area contributed by atoms with Gasteiger partial charge in [-0.25, -0.2) is 4.79 Å². The van der Waals surface area contributed by atoms with Gasteiger partial charge in [0.2, 0.25) is 0 Å². The molecule has 0 aliphatic carbocycles. The molecule has 2 heterocycles. The average Bonchev–Trinajstić information content (AvgIpc) is 2.96. The number of nitrogens with zero attached hydrogens (tertiary/aromatic N) is 2. The molecule has 1 aromatic carbocycles. The molecule has 0 aliphatic heterocycles. The number of hydrogen-bond donors (Lipinski definition) is 2. The Balaban J connectivity index is 2.12. The lowest BCUT2D eigenvalue weighted by Crippen LogP contribution is -1.95. The third-order valence-corrected chi connectivity index (χ3v) is 2.99. The Morgan fingerprint density at radius 2 is 2.17 bits per heavy atom. The van der Waals surface area contributed by atoms with Gasteiger partial charge in [-0.05, 0) is 23.6 Å². The average molecular weight is 241 g/mol. The minimum Gasteiger partial charge on any atom is -0.477 e. The Morgan fingerprint density at radius 3 is 2.89 bits per heavy atom. The van der Waals surface area contributed by atoms with E-state index in [1.807, 2.05) is 42.1 Å². The molecule has 0 amide bonds. The van der Waals surface area contributed by atoms with Gasteiger partial charge in [0.05, 0.1) is 5.69 Å². The highest BCUT2D eigenvalue weighted by Gasteiger charge is 2.10. The number of carboxylic acid groups (broad SMARTS) is 1. The summed E-state index contributed by atoms with van der Waals surface area (Å²) in [5, 5.41) is 16.5. The molecule has 18 heavy (non-hydrogen) atoms. The van der Waals surface area contributed by atoms with Crippen molar-refractivity contribution in [1.29, 1.82) is 0 Å². The summed E-state index contributed by atoms with van der Waals surface area (Å²) in [7, 11) is 1.97. The van der Waals surface area contributed by atoms with Gasteiger partial charge in [0.1, 0.15) is 5.69 Å². The molecule has 0 radical (unpaired) electrons. The van der Waals surface area contributed by atoms with Crippen molar-refractivity contribution in [2.24, 2.45) is 7.05 Å². The smallest absolute Gasteiger partial charge is 0.353 e. The second-order valence-electron chi connectivity index (χ2n) is 4.17. The van der Waals surface area contributed by atoms with Gasteiger partial charge in [-0.2, -0.15) is 5.10 Å². The number of rotatable bonds is 2. The van der Waals surface area contributed by atoms with Gasteiger partial charge in [-0.3, -0.25) is 5.10 Å². The zero-order valence-corrected chi connectivity index (χ0v) is 9.71. The fourth-order valence-electron chi connectivity index (χ4n) is 2.00. The number of fused-ring (bicyclic) bond motifs is 1. The van der Waals surface area contributed by atoms with E-state index in [0.29, 0.717) is 5.69 Å².